The molecule has 0 atom stereocenters. The molecule has 0 saturated carbocycles. The van der Waals surface area contributed by atoms with Gasteiger partial charge in [-0.25, -0.2) is 9.78 Å². The van der Waals surface area contributed by atoms with Gasteiger partial charge in [0.05, 0.1) is 28.9 Å². The Balaban J connectivity index is 2.29. The van der Waals surface area contributed by atoms with E-state index in [-0.39, 0.29) is 5.56 Å². The van der Waals surface area contributed by atoms with E-state index in [1.807, 2.05) is 0 Å². The molecule has 0 fully saturated rings. The third-order valence-corrected chi connectivity index (χ3v) is 4.00. The van der Waals surface area contributed by atoms with Crippen molar-refractivity contribution >= 4 is 40.1 Å². The predicted octanol–water partition coefficient (Wildman–Crippen LogP) is 4.92. The molecule has 0 saturated heterocycles. The fourth-order valence-electron chi connectivity index (χ4n) is 2.33. The molecule has 23 heavy (non-hydrogen) atoms. The van der Waals surface area contributed by atoms with Crippen LogP contribution in [-0.4, -0.2) is 23.2 Å². The quantitative estimate of drug-likeness (QED) is 0.730. The lowest BCUT2D eigenvalue weighted by atomic mass is 10.0. The molecule has 0 aliphatic carbocycles. The van der Waals surface area contributed by atoms with E-state index in [9.17, 15) is 9.90 Å². The maximum Gasteiger partial charge on any atom is 0.336 e. The highest BCUT2D eigenvalue weighted by molar-refractivity contribution is 6.33. The number of carboxylic acid groups (broad SMARTS) is 1. The van der Waals surface area contributed by atoms with Crippen LogP contribution < -0.4 is 4.74 Å². The molecule has 4 nitrogen and oxygen atoms in total. The first-order valence-electron chi connectivity index (χ1n) is 6.67. The molecular weight excluding hydrogens is 337 g/mol. The zero-order chi connectivity index (χ0) is 16.6. The third-order valence-electron chi connectivity index (χ3n) is 3.45. The summed E-state index contributed by atoms with van der Waals surface area (Å²) in [6, 6.07) is 11.7. The fraction of sp³-hybridized carbons (Fsp3) is 0.0588. The number of aromatic carboxylic acids is 1. The van der Waals surface area contributed by atoms with Gasteiger partial charge in [-0.2, -0.15) is 0 Å². The standard InChI is InChI=1S/C17H11Cl2NO3/c1-23-16-7-11-12(17(21)22)6-14(20-15(11)8-13(16)19)9-2-4-10(18)5-3-9/h2-8H,1H3,(H,21,22). The maximum absolute atomic E-state index is 11.6. The number of carbonyl (C=O) groups is 1. The van der Waals surface area contributed by atoms with Crippen molar-refractivity contribution < 1.29 is 14.6 Å². The minimum Gasteiger partial charge on any atom is -0.495 e. The SMILES string of the molecule is COc1cc2c(C(=O)O)cc(-c3ccc(Cl)cc3)nc2cc1Cl. The molecule has 6 heteroatoms. The normalized spacial score (nSPS) is 10.7. The van der Waals surface area contributed by atoms with Crippen LogP contribution in [0.1, 0.15) is 10.4 Å². The molecular formula is C17H11Cl2NO3. The number of hydrogen-bond acceptors (Lipinski definition) is 3. The lowest BCUT2D eigenvalue weighted by molar-refractivity contribution is 0.0699. The molecule has 3 aromatic rings. The van der Waals surface area contributed by atoms with Crippen LogP contribution in [-0.2, 0) is 0 Å². The number of aromatic nitrogens is 1. The first kappa shape index (κ1) is 15.6. The molecule has 116 valence electrons. The molecule has 1 aromatic heterocycles. The Morgan fingerprint density at radius 1 is 1.13 bits per heavy atom. The first-order chi connectivity index (χ1) is 11.0. The van der Waals surface area contributed by atoms with E-state index in [0.29, 0.717) is 32.4 Å². The van der Waals surface area contributed by atoms with Crippen molar-refractivity contribution in [2.24, 2.45) is 0 Å². The third kappa shape index (κ3) is 2.96. The van der Waals surface area contributed by atoms with Crippen molar-refractivity contribution in [1.29, 1.82) is 0 Å². The number of pyridine rings is 1. The highest BCUT2D eigenvalue weighted by atomic mass is 35.5. The predicted molar refractivity (Wildman–Crippen MR) is 90.7 cm³/mol. The molecule has 1 N–H and O–H groups in total. The number of ether oxygens (including phenoxy) is 1. The number of nitrogens with zero attached hydrogens (tertiary/aromatic N) is 1. The van der Waals surface area contributed by atoms with Gasteiger partial charge in [-0.05, 0) is 30.3 Å². The Labute approximate surface area is 142 Å². The van der Waals surface area contributed by atoms with Gasteiger partial charge in [-0.15, -0.1) is 0 Å². The number of rotatable bonds is 3. The summed E-state index contributed by atoms with van der Waals surface area (Å²) in [4.78, 5) is 16.1. The summed E-state index contributed by atoms with van der Waals surface area (Å²) in [6.45, 7) is 0. The molecule has 0 amide bonds. The number of hydrogen-bond donors (Lipinski definition) is 1. The van der Waals surface area contributed by atoms with Crippen LogP contribution in [0.2, 0.25) is 10.0 Å². The van der Waals surface area contributed by atoms with Gasteiger partial charge in [0.25, 0.3) is 0 Å². The van der Waals surface area contributed by atoms with E-state index in [1.165, 1.54) is 13.2 Å². The number of carboxylic acids is 1. The summed E-state index contributed by atoms with van der Waals surface area (Å²) in [7, 11) is 1.48. The smallest absolute Gasteiger partial charge is 0.336 e. The highest BCUT2D eigenvalue weighted by Gasteiger charge is 2.15. The first-order valence-corrected chi connectivity index (χ1v) is 7.42. The zero-order valence-corrected chi connectivity index (χ0v) is 13.5. The summed E-state index contributed by atoms with van der Waals surface area (Å²) in [6.07, 6.45) is 0. The van der Waals surface area contributed by atoms with Crippen molar-refractivity contribution in [3.05, 3.63) is 58.1 Å². The van der Waals surface area contributed by atoms with Crippen molar-refractivity contribution in [2.75, 3.05) is 7.11 Å². The van der Waals surface area contributed by atoms with Gasteiger partial charge in [0.1, 0.15) is 5.75 Å². The maximum atomic E-state index is 11.6. The lowest BCUT2D eigenvalue weighted by Gasteiger charge is -2.10. The Kier molecular flexibility index (Phi) is 4.11. The topological polar surface area (TPSA) is 59.4 Å². The average Bonchev–Trinajstić information content (AvgIpc) is 2.53. The summed E-state index contributed by atoms with van der Waals surface area (Å²) < 4.78 is 5.15. The molecule has 0 aliphatic heterocycles. The number of halogens is 2. The van der Waals surface area contributed by atoms with Crippen LogP contribution in [0.3, 0.4) is 0 Å². The largest absolute Gasteiger partial charge is 0.495 e. The van der Waals surface area contributed by atoms with E-state index in [1.54, 1.807) is 36.4 Å². The van der Waals surface area contributed by atoms with Gasteiger partial charge in [-0.3, -0.25) is 0 Å². The van der Waals surface area contributed by atoms with Gasteiger partial charge in [0, 0.05) is 16.0 Å². The minimum atomic E-state index is -1.04. The van der Waals surface area contributed by atoms with Crippen LogP contribution in [0.25, 0.3) is 22.2 Å². The van der Waals surface area contributed by atoms with E-state index in [2.05, 4.69) is 4.98 Å². The van der Waals surface area contributed by atoms with Gasteiger partial charge in [-0.1, -0.05) is 35.3 Å². The molecule has 0 spiro atoms. The monoisotopic (exact) mass is 347 g/mol. The van der Waals surface area contributed by atoms with Gasteiger partial charge in [0.2, 0.25) is 0 Å². The second-order valence-electron chi connectivity index (χ2n) is 4.87. The minimum absolute atomic E-state index is 0.134. The van der Waals surface area contributed by atoms with Gasteiger partial charge >= 0.3 is 5.97 Å². The Morgan fingerprint density at radius 3 is 2.43 bits per heavy atom. The molecule has 0 aliphatic rings. The van der Waals surface area contributed by atoms with E-state index >= 15 is 0 Å². The molecule has 3 rings (SSSR count). The summed E-state index contributed by atoms with van der Waals surface area (Å²) in [5.41, 5.74) is 1.93. The molecule has 0 bridgehead atoms. The van der Waals surface area contributed by atoms with Crippen LogP contribution >= 0.6 is 23.2 Å². The summed E-state index contributed by atoms with van der Waals surface area (Å²) in [5, 5.41) is 10.9. The van der Waals surface area contributed by atoms with E-state index < -0.39 is 5.97 Å². The molecule has 2 aromatic carbocycles. The second kappa shape index (κ2) is 6.07. The van der Waals surface area contributed by atoms with E-state index in [0.717, 1.165) is 5.56 Å². The van der Waals surface area contributed by atoms with Crippen molar-refractivity contribution in [1.82, 2.24) is 4.98 Å². The lowest BCUT2D eigenvalue weighted by Crippen LogP contribution is -2.01. The van der Waals surface area contributed by atoms with Crippen LogP contribution in [0, 0.1) is 0 Å². The Morgan fingerprint density at radius 2 is 1.83 bits per heavy atom. The van der Waals surface area contributed by atoms with Crippen LogP contribution in [0.4, 0.5) is 0 Å². The van der Waals surface area contributed by atoms with Crippen LogP contribution in [0.15, 0.2) is 42.5 Å². The van der Waals surface area contributed by atoms with Crippen LogP contribution in [0.5, 0.6) is 5.75 Å². The molecule has 0 radical (unpaired) electrons. The second-order valence-corrected chi connectivity index (χ2v) is 5.71. The summed E-state index contributed by atoms with van der Waals surface area (Å²) in [5.74, 6) is -0.639. The average molecular weight is 348 g/mol. The summed E-state index contributed by atoms with van der Waals surface area (Å²) >= 11 is 12.0. The highest BCUT2D eigenvalue weighted by Crippen LogP contribution is 2.33. The molecule has 1 heterocycles. The van der Waals surface area contributed by atoms with Crippen molar-refractivity contribution in [2.45, 2.75) is 0 Å². The number of fused-ring (bicyclic) bond motifs is 1. The molecule has 0 unspecified atom stereocenters. The Hall–Kier alpha value is -2.30. The van der Waals surface area contributed by atoms with Crippen molar-refractivity contribution in [3.63, 3.8) is 0 Å². The van der Waals surface area contributed by atoms with Gasteiger partial charge in [0.15, 0.2) is 0 Å². The number of benzene rings is 2. The fourth-order valence-corrected chi connectivity index (χ4v) is 2.69. The van der Waals surface area contributed by atoms with E-state index in [4.69, 9.17) is 27.9 Å². The van der Waals surface area contributed by atoms with Crippen molar-refractivity contribution in [3.8, 4) is 17.0 Å². The zero-order valence-electron chi connectivity index (χ0n) is 12.0. The van der Waals surface area contributed by atoms with Gasteiger partial charge < -0.3 is 9.84 Å². The number of methoxy groups -OCH3 is 1. The Bertz CT molecular complexity index is 908.